The molecule has 0 saturated heterocycles. The highest BCUT2D eigenvalue weighted by Crippen LogP contribution is 2.53. The number of benzene rings is 11. The first kappa shape index (κ1) is 39.3. The molecule has 0 spiro atoms. The molecule has 1 aliphatic rings. The highest BCUT2D eigenvalue weighted by atomic mass is 15.1. The largest absolute Gasteiger partial charge is 0.311 e. The fourth-order valence-corrected chi connectivity index (χ4v) is 10.6. The number of fused-ring (bicyclic) bond motifs is 5. The number of rotatable bonds is 8. The summed E-state index contributed by atoms with van der Waals surface area (Å²) in [5, 5.41) is 5.01. The van der Waals surface area contributed by atoms with Gasteiger partial charge in [0.2, 0.25) is 0 Å². The van der Waals surface area contributed by atoms with Gasteiger partial charge in [-0.25, -0.2) is 0 Å². The van der Waals surface area contributed by atoms with Crippen molar-refractivity contribution in [3.8, 4) is 66.8 Å². The Morgan fingerprint density at radius 1 is 0.273 bits per heavy atom. The molecule has 0 N–H and O–H groups in total. The molecule has 0 radical (unpaired) electrons. The topological polar surface area (TPSA) is 3.24 Å². The fourth-order valence-electron chi connectivity index (χ4n) is 10.6. The zero-order valence-corrected chi connectivity index (χ0v) is 37.1. The molecule has 0 bridgehead atoms. The third-order valence-corrected chi connectivity index (χ3v) is 13.9. The number of hydrogen-bond donors (Lipinski definition) is 0. The zero-order valence-electron chi connectivity index (χ0n) is 37.1. The van der Waals surface area contributed by atoms with E-state index in [9.17, 15) is 0 Å². The van der Waals surface area contributed by atoms with Gasteiger partial charge in [0.25, 0.3) is 0 Å². The van der Waals surface area contributed by atoms with Crippen molar-refractivity contribution in [2.75, 3.05) is 4.90 Å². The Hall–Kier alpha value is -8.26. The van der Waals surface area contributed by atoms with E-state index in [-0.39, 0.29) is 5.41 Å². The van der Waals surface area contributed by atoms with Crippen molar-refractivity contribution in [2.24, 2.45) is 0 Å². The molecular weight excluding hydrogens is 795 g/mol. The van der Waals surface area contributed by atoms with E-state index < -0.39 is 0 Å². The fraction of sp³-hybridized carbons (Fsp3) is 0.0462. The van der Waals surface area contributed by atoms with Gasteiger partial charge in [-0.1, -0.05) is 220 Å². The van der Waals surface area contributed by atoms with E-state index in [1.165, 1.54) is 99.4 Å². The van der Waals surface area contributed by atoms with Gasteiger partial charge < -0.3 is 4.90 Å². The van der Waals surface area contributed by atoms with E-state index in [4.69, 9.17) is 0 Å². The molecule has 0 heterocycles. The van der Waals surface area contributed by atoms with Gasteiger partial charge in [-0.05, 0) is 142 Å². The summed E-state index contributed by atoms with van der Waals surface area (Å²) >= 11 is 0. The molecule has 1 heteroatoms. The summed E-state index contributed by atoms with van der Waals surface area (Å²) in [6.45, 7) is 4.72. The minimum Gasteiger partial charge on any atom is -0.311 e. The lowest BCUT2D eigenvalue weighted by Crippen LogP contribution is -2.14. The zero-order chi connectivity index (χ0) is 44.2. The summed E-state index contributed by atoms with van der Waals surface area (Å²) < 4.78 is 0. The minimum absolute atomic E-state index is 0.0827. The lowest BCUT2D eigenvalue weighted by Gasteiger charge is -2.26. The molecule has 1 aliphatic carbocycles. The van der Waals surface area contributed by atoms with Gasteiger partial charge in [0.1, 0.15) is 0 Å². The van der Waals surface area contributed by atoms with Gasteiger partial charge in [0.05, 0.1) is 0 Å². The second kappa shape index (κ2) is 16.1. The molecule has 12 rings (SSSR count). The first-order chi connectivity index (χ1) is 32.5. The molecular formula is C65H47N. The lowest BCUT2D eigenvalue weighted by molar-refractivity contribution is 0.660. The summed E-state index contributed by atoms with van der Waals surface area (Å²) in [5.41, 5.74) is 20.8. The van der Waals surface area contributed by atoms with Gasteiger partial charge in [-0.2, -0.15) is 0 Å². The molecule has 0 atom stereocenters. The Labute approximate surface area is 387 Å². The maximum atomic E-state index is 2.41. The maximum absolute atomic E-state index is 2.41. The van der Waals surface area contributed by atoms with Gasteiger partial charge in [0.15, 0.2) is 0 Å². The molecule has 312 valence electrons. The first-order valence-electron chi connectivity index (χ1n) is 23.0. The summed E-state index contributed by atoms with van der Waals surface area (Å²) in [6.07, 6.45) is 0. The van der Waals surface area contributed by atoms with Crippen molar-refractivity contribution in [3.63, 3.8) is 0 Å². The lowest BCUT2D eigenvalue weighted by atomic mass is 9.81. The first-order valence-corrected chi connectivity index (χ1v) is 23.0. The van der Waals surface area contributed by atoms with Crippen LogP contribution in [0.1, 0.15) is 25.0 Å². The molecule has 0 saturated carbocycles. The highest BCUT2D eigenvalue weighted by Gasteiger charge is 2.36. The van der Waals surface area contributed by atoms with E-state index >= 15 is 0 Å². The van der Waals surface area contributed by atoms with Gasteiger partial charge in [0, 0.05) is 22.5 Å². The van der Waals surface area contributed by atoms with E-state index in [0.717, 1.165) is 17.1 Å². The van der Waals surface area contributed by atoms with Crippen LogP contribution >= 0.6 is 0 Å². The van der Waals surface area contributed by atoms with Crippen LogP contribution in [0.4, 0.5) is 17.1 Å². The van der Waals surface area contributed by atoms with Crippen LogP contribution in [-0.4, -0.2) is 0 Å². The van der Waals surface area contributed by atoms with Gasteiger partial charge in [-0.3, -0.25) is 0 Å². The predicted octanol–water partition coefficient (Wildman–Crippen LogP) is 18.1. The summed E-state index contributed by atoms with van der Waals surface area (Å²) in [6, 6.07) is 91.3. The highest BCUT2D eigenvalue weighted by molar-refractivity contribution is 6.00. The summed E-state index contributed by atoms with van der Waals surface area (Å²) in [4.78, 5) is 2.37. The van der Waals surface area contributed by atoms with Crippen molar-refractivity contribution in [3.05, 3.63) is 260 Å². The van der Waals surface area contributed by atoms with Crippen molar-refractivity contribution in [2.45, 2.75) is 19.3 Å². The van der Waals surface area contributed by atoms with Crippen LogP contribution in [0.3, 0.4) is 0 Å². The smallest absolute Gasteiger partial charge is 0.0462 e. The maximum Gasteiger partial charge on any atom is 0.0462 e. The quantitative estimate of drug-likeness (QED) is 0.147. The van der Waals surface area contributed by atoms with Crippen LogP contribution in [0.25, 0.3) is 88.3 Å². The standard InChI is InChI=1S/C65H47N/c1-65(2)62-27-11-10-23-60(62)64-59(26-14-28-63(64)65)61-43-50(35-42-58(61)45-15-4-3-5-16-45)44-29-36-51(37-30-44)66(52-38-31-48(32-39-52)56-24-12-19-46-17-6-8-21-54(46)56)53-40-33-49(34-41-53)57-25-13-20-47-18-7-9-22-55(47)57/h3-43H,1-2H3. The summed E-state index contributed by atoms with van der Waals surface area (Å²) in [5.74, 6) is 0. The van der Waals surface area contributed by atoms with Crippen LogP contribution in [0, 0.1) is 0 Å². The SMILES string of the molecule is CC1(C)c2ccccc2-c2c(-c3cc(-c4ccc(N(c5ccc(-c6cccc7ccccc67)cc5)c5ccc(-c6cccc7ccccc67)cc5)cc4)ccc3-c3ccccc3)cccc21. The molecule has 0 amide bonds. The van der Waals surface area contributed by atoms with Crippen molar-refractivity contribution < 1.29 is 0 Å². The monoisotopic (exact) mass is 841 g/mol. The Morgan fingerprint density at radius 2 is 0.697 bits per heavy atom. The van der Waals surface area contributed by atoms with Crippen LogP contribution in [0.5, 0.6) is 0 Å². The van der Waals surface area contributed by atoms with Crippen LogP contribution in [0.2, 0.25) is 0 Å². The van der Waals surface area contributed by atoms with Crippen molar-refractivity contribution in [1.82, 2.24) is 0 Å². The van der Waals surface area contributed by atoms with Crippen LogP contribution in [-0.2, 0) is 5.41 Å². The molecule has 1 nitrogen and oxygen atoms in total. The second-order valence-corrected chi connectivity index (χ2v) is 18.1. The normalized spacial score (nSPS) is 12.5. The van der Waals surface area contributed by atoms with Crippen molar-refractivity contribution >= 4 is 38.6 Å². The molecule has 0 unspecified atom stereocenters. The third-order valence-electron chi connectivity index (χ3n) is 13.9. The van der Waals surface area contributed by atoms with E-state index in [2.05, 4.69) is 267 Å². The minimum atomic E-state index is -0.0827. The molecule has 11 aromatic carbocycles. The number of anilines is 3. The van der Waals surface area contributed by atoms with Gasteiger partial charge in [-0.15, -0.1) is 0 Å². The van der Waals surface area contributed by atoms with E-state index in [1.54, 1.807) is 0 Å². The molecule has 11 aromatic rings. The van der Waals surface area contributed by atoms with Crippen LogP contribution < -0.4 is 4.90 Å². The summed E-state index contributed by atoms with van der Waals surface area (Å²) in [7, 11) is 0. The Bertz CT molecular complexity index is 3450. The van der Waals surface area contributed by atoms with E-state index in [1.807, 2.05) is 0 Å². The predicted molar refractivity (Wildman–Crippen MR) is 281 cm³/mol. The molecule has 0 aromatic heterocycles. The average Bonchev–Trinajstić information content (AvgIpc) is 3.62. The number of hydrogen-bond acceptors (Lipinski definition) is 1. The molecule has 0 fully saturated rings. The second-order valence-electron chi connectivity index (χ2n) is 18.1. The molecule has 0 aliphatic heterocycles. The average molecular weight is 842 g/mol. The molecule has 66 heavy (non-hydrogen) atoms. The van der Waals surface area contributed by atoms with Crippen molar-refractivity contribution in [1.29, 1.82) is 0 Å². The Morgan fingerprint density at radius 3 is 1.30 bits per heavy atom. The Balaban J connectivity index is 0.957. The number of nitrogens with zero attached hydrogens (tertiary/aromatic N) is 1. The van der Waals surface area contributed by atoms with Crippen LogP contribution in [0.15, 0.2) is 249 Å². The Kier molecular flexibility index (Phi) is 9.58. The van der Waals surface area contributed by atoms with Gasteiger partial charge >= 0.3 is 0 Å². The van der Waals surface area contributed by atoms with E-state index in [0.29, 0.717) is 0 Å². The third kappa shape index (κ3) is 6.71.